The molecule has 0 aromatic heterocycles. The number of phenolic OH excluding ortho intramolecular Hbond substituents is 1. The van der Waals surface area contributed by atoms with Gasteiger partial charge in [-0.15, -0.1) is 0 Å². The fraction of sp³-hybridized carbons (Fsp3) is 0.0204. The molecule has 0 spiro atoms. The fourth-order valence-corrected chi connectivity index (χ4v) is 7.61. The number of hydrogen-bond acceptors (Lipinski definition) is 1. The quantitative estimate of drug-likeness (QED) is 0.186. The second kappa shape index (κ2) is 12.2. The number of aryl methyl sites for hydroxylation is 1. The van der Waals surface area contributed by atoms with E-state index in [2.05, 4.69) is 165 Å². The van der Waals surface area contributed by atoms with Crippen LogP contribution in [0.25, 0.3) is 88.0 Å². The Morgan fingerprint density at radius 3 is 1.52 bits per heavy atom. The van der Waals surface area contributed by atoms with E-state index < -0.39 is 0 Å². The first-order valence-electron chi connectivity index (χ1n) is 17.2. The van der Waals surface area contributed by atoms with Crippen molar-refractivity contribution in [2.24, 2.45) is 0 Å². The fourth-order valence-electron chi connectivity index (χ4n) is 7.61. The van der Waals surface area contributed by atoms with Crippen LogP contribution in [0.1, 0.15) is 5.56 Å². The molecule has 1 N–H and O–H groups in total. The molecule has 0 amide bonds. The molecule has 0 unspecified atom stereocenters. The first-order chi connectivity index (χ1) is 24.6. The summed E-state index contributed by atoms with van der Waals surface area (Å²) in [5.74, 6) is 0.289. The van der Waals surface area contributed by atoms with E-state index >= 15 is 0 Å². The highest BCUT2D eigenvalue weighted by Gasteiger charge is 2.17. The van der Waals surface area contributed by atoms with Crippen molar-refractivity contribution in [1.29, 1.82) is 0 Å². The van der Waals surface area contributed by atoms with Gasteiger partial charge in [0.15, 0.2) is 0 Å². The van der Waals surface area contributed by atoms with Gasteiger partial charge in [0.05, 0.1) is 0 Å². The average molecular weight is 639 g/mol. The van der Waals surface area contributed by atoms with Crippen LogP contribution in [0, 0.1) is 6.92 Å². The average Bonchev–Trinajstić information content (AvgIpc) is 3.17. The van der Waals surface area contributed by atoms with Gasteiger partial charge in [0.25, 0.3) is 0 Å². The first-order valence-corrected chi connectivity index (χ1v) is 17.2. The molecule has 9 aromatic carbocycles. The van der Waals surface area contributed by atoms with Gasteiger partial charge >= 0.3 is 0 Å². The van der Waals surface area contributed by atoms with Crippen molar-refractivity contribution in [1.82, 2.24) is 0 Å². The van der Waals surface area contributed by atoms with Crippen LogP contribution in [0.15, 0.2) is 182 Å². The molecule has 1 heteroatoms. The minimum absolute atomic E-state index is 0.289. The lowest BCUT2D eigenvalue weighted by Crippen LogP contribution is -1.91. The Morgan fingerprint density at radius 1 is 0.320 bits per heavy atom. The summed E-state index contributed by atoms with van der Waals surface area (Å²) in [6.45, 7) is 2.08. The maximum atomic E-state index is 10.9. The van der Waals surface area contributed by atoms with Gasteiger partial charge in [-0.1, -0.05) is 158 Å². The van der Waals surface area contributed by atoms with Crippen molar-refractivity contribution in [3.8, 4) is 61.4 Å². The monoisotopic (exact) mass is 638 g/mol. The molecule has 0 bridgehead atoms. The second-order valence-electron chi connectivity index (χ2n) is 13.1. The predicted octanol–water partition coefficient (Wildman–Crippen LogP) is 13.5. The zero-order valence-corrected chi connectivity index (χ0v) is 27.8. The van der Waals surface area contributed by atoms with Crippen LogP contribution in [0.2, 0.25) is 0 Å². The summed E-state index contributed by atoms with van der Waals surface area (Å²) < 4.78 is 0. The Labute approximate surface area is 292 Å². The van der Waals surface area contributed by atoms with Gasteiger partial charge < -0.3 is 5.11 Å². The maximum Gasteiger partial charge on any atom is 0.123 e. The van der Waals surface area contributed by atoms with Crippen LogP contribution in [0.4, 0.5) is 0 Å². The first kappa shape index (κ1) is 29.7. The van der Waals surface area contributed by atoms with E-state index in [4.69, 9.17) is 0 Å². The SMILES string of the molecule is Cc1ccccc1-c1cc(-c2cccc(-c3c4ccccc4c(-c4ccc(-c5ccc6ccccc6c5)cc4)c4ccccc34)c2)ccc1O. The van der Waals surface area contributed by atoms with E-state index in [0.29, 0.717) is 0 Å². The van der Waals surface area contributed by atoms with E-state index in [1.54, 1.807) is 0 Å². The molecule has 0 atom stereocenters. The van der Waals surface area contributed by atoms with Crippen LogP contribution in [0.5, 0.6) is 5.75 Å². The van der Waals surface area contributed by atoms with Crippen molar-refractivity contribution in [2.75, 3.05) is 0 Å². The molecule has 236 valence electrons. The van der Waals surface area contributed by atoms with Gasteiger partial charge in [-0.3, -0.25) is 0 Å². The number of aromatic hydroxyl groups is 1. The zero-order valence-electron chi connectivity index (χ0n) is 27.8. The highest BCUT2D eigenvalue weighted by molar-refractivity contribution is 6.21. The number of benzene rings is 9. The van der Waals surface area contributed by atoms with Gasteiger partial charge in [0.1, 0.15) is 5.75 Å². The smallest absolute Gasteiger partial charge is 0.123 e. The van der Waals surface area contributed by atoms with E-state index in [9.17, 15) is 5.11 Å². The van der Waals surface area contributed by atoms with Crippen molar-refractivity contribution < 1.29 is 5.11 Å². The molecular formula is C49H34O. The Hall–Kier alpha value is -6.44. The molecule has 0 radical (unpaired) electrons. The lowest BCUT2D eigenvalue weighted by Gasteiger charge is -2.18. The van der Waals surface area contributed by atoms with Crippen LogP contribution >= 0.6 is 0 Å². The van der Waals surface area contributed by atoms with Crippen molar-refractivity contribution in [3.63, 3.8) is 0 Å². The lowest BCUT2D eigenvalue weighted by atomic mass is 9.85. The second-order valence-corrected chi connectivity index (χ2v) is 13.1. The third-order valence-corrected chi connectivity index (χ3v) is 10.1. The van der Waals surface area contributed by atoms with Crippen molar-refractivity contribution >= 4 is 32.3 Å². The molecule has 0 saturated heterocycles. The van der Waals surface area contributed by atoms with Crippen LogP contribution in [-0.4, -0.2) is 5.11 Å². The predicted molar refractivity (Wildman–Crippen MR) is 213 cm³/mol. The van der Waals surface area contributed by atoms with Gasteiger partial charge in [-0.05, 0) is 119 Å². The number of hydrogen-bond donors (Lipinski definition) is 1. The summed E-state index contributed by atoms with van der Waals surface area (Å²) in [7, 11) is 0. The molecule has 9 rings (SSSR count). The van der Waals surface area contributed by atoms with Crippen LogP contribution in [0.3, 0.4) is 0 Å². The van der Waals surface area contributed by atoms with Gasteiger partial charge in [-0.2, -0.15) is 0 Å². The van der Waals surface area contributed by atoms with Crippen molar-refractivity contribution in [2.45, 2.75) is 6.92 Å². The summed E-state index contributed by atoms with van der Waals surface area (Å²) >= 11 is 0. The summed E-state index contributed by atoms with van der Waals surface area (Å²) in [5.41, 5.74) is 12.5. The summed E-state index contributed by atoms with van der Waals surface area (Å²) in [6, 6.07) is 64.9. The molecule has 0 fully saturated rings. The number of phenols is 1. The Bertz CT molecular complexity index is 2660. The molecule has 0 saturated carbocycles. The van der Waals surface area contributed by atoms with Crippen LogP contribution in [-0.2, 0) is 0 Å². The molecule has 0 aliphatic rings. The number of fused-ring (bicyclic) bond motifs is 3. The molecule has 50 heavy (non-hydrogen) atoms. The molecule has 9 aromatic rings. The highest BCUT2D eigenvalue weighted by atomic mass is 16.3. The van der Waals surface area contributed by atoms with E-state index in [-0.39, 0.29) is 5.75 Å². The van der Waals surface area contributed by atoms with Gasteiger partial charge in [0, 0.05) is 5.56 Å². The molecule has 0 heterocycles. The topological polar surface area (TPSA) is 20.2 Å². The van der Waals surface area contributed by atoms with E-state index in [1.165, 1.54) is 65.7 Å². The molecular weight excluding hydrogens is 605 g/mol. The maximum absolute atomic E-state index is 10.9. The molecule has 0 aliphatic carbocycles. The number of rotatable bonds is 5. The van der Waals surface area contributed by atoms with Crippen molar-refractivity contribution in [3.05, 3.63) is 188 Å². The lowest BCUT2D eigenvalue weighted by molar-refractivity contribution is 0.477. The zero-order chi connectivity index (χ0) is 33.6. The van der Waals surface area contributed by atoms with Gasteiger partial charge in [0.2, 0.25) is 0 Å². The highest BCUT2D eigenvalue weighted by Crippen LogP contribution is 2.45. The summed E-state index contributed by atoms with van der Waals surface area (Å²) in [6.07, 6.45) is 0. The van der Waals surface area contributed by atoms with Crippen LogP contribution < -0.4 is 0 Å². The Balaban J connectivity index is 1.18. The van der Waals surface area contributed by atoms with E-state index in [0.717, 1.165) is 27.8 Å². The molecule has 1 nitrogen and oxygen atoms in total. The standard InChI is InChI=1S/C49H34O/c1-32-11-2-5-16-41(32)46-31-39(27-28-47(46)50)37-14-10-15-40(30-37)49-44-19-8-6-17-42(44)48(43-18-7-9-20-45(43)49)35-24-21-34(22-25-35)38-26-23-33-12-3-4-13-36(33)29-38/h2-31,50H,1H3. The normalized spacial score (nSPS) is 11.4. The largest absolute Gasteiger partial charge is 0.507 e. The minimum Gasteiger partial charge on any atom is -0.507 e. The third kappa shape index (κ3) is 5.12. The van der Waals surface area contributed by atoms with Gasteiger partial charge in [-0.25, -0.2) is 0 Å². The Morgan fingerprint density at radius 2 is 0.820 bits per heavy atom. The minimum atomic E-state index is 0.289. The summed E-state index contributed by atoms with van der Waals surface area (Å²) in [4.78, 5) is 0. The van der Waals surface area contributed by atoms with E-state index in [1.807, 2.05) is 24.3 Å². The third-order valence-electron chi connectivity index (χ3n) is 10.1. The Kier molecular flexibility index (Phi) is 7.25. The summed E-state index contributed by atoms with van der Waals surface area (Å²) in [5, 5.41) is 18.3. The molecule has 0 aliphatic heterocycles.